The van der Waals surface area contributed by atoms with Crippen LogP contribution in [-0.2, 0) is 6.54 Å². The van der Waals surface area contributed by atoms with Crippen LogP contribution < -0.4 is 10.9 Å². The van der Waals surface area contributed by atoms with E-state index in [9.17, 15) is 9.59 Å². The van der Waals surface area contributed by atoms with E-state index < -0.39 is 11.5 Å². The highest BCUT2D eigenvalue weighted by Crippen LogP contribution is 2.17. The molecule has 0 aliphatic carbocycles. The molecule has 0 fully saturated rings. The summed E-state index contributed by atoms with van der Waals surface area (Å²) in [5.74, 6) is -0.440. The lowest BCUT2D eigenvalue weighted by molar-refractivity contribution is 0.0947. The fourth-order valence-electron chi connectivity index (χ4n) is 2.93. The van der Waals surface area contributed by atoms with E-state index in [0.717, 1.165) is 27.5 Å². The van der Waals surface area contributed by atoms with Gasteiger partial charge in [-0.25, -0.2) is 4.79 Å². The molecule has 0 aliphatic heterocycles. The summed E-state index contributed by atoms with van der Waals surface area (Å²) in [6.07, 6.45) is 0. The monoisotopic (exact) mass is 332 g/mol. The number of hydrogen-bond acceptors (Lipinski definition) is 3. The van der Waals surface area contributed by atoms with Gasteiger partial charge in [-0.2, -0.15) is 0 Å². The van der Waals surface area contributed by atoms with E-state index in [2.05, 4.69) is 16.4 Å². The molecule has 2 aromatic heterocycles. The minimum atomic E-state index is -0.632. The van der Waals surface area contributed by atoms with Crippen molar-refractivity contribution in [1.29, 1.82) is 0 Å². The summed E-state index contributed by atoms with van der Waals surface area (Å²) in [6, 6.07) is 16.7. The lowest BCUT2D eigenvalue weighted by atomic mass is 10.1. The Bertz CT molecular complexity index is 1150. The molecule has 0 bridgehead atoms. The predicted molar refractivity (Wildman–Crippen MR) is 96.7 cm³/mol. The number of hydrogen-bond donors (Lipinski definition) is 2. The van der Waals surface area contributed by atoms with Crippen LogP contribution in [0.3, 0.4) is 0 Å². The van der Waals surface area contributed by atoms with Gasteiger partial charge in [0.25, 0.3) is 5.91 Å². The average Bonchev–Trinajstić information content (AvgIpc) is 2.98. The highest BCUT2D eigenvalue weighted by Gasteiger charge is 2.13. The highest BCUT2D eigenvalue weighted by atomic mass is 16.4. The first kappa shape index (κ1) is 15.2. The van der Waals surface area contributed by atoms with Crippen LogP contribution >= 0.6 is 0 Å². The molecule has 0 atom stereocenters. The van der Waals surface area contributed by atoms with E-state index in [0.29, 0.717) is 12.1 Å². The number of benzene rings is 2. The van der Waals surface area contributed by atoms with E-state index in [-0.39, 0.29) is 5.56 Å². The van der Waals surface area contributed by atoms with Crippen LogP contribution in [0.4, 0.5) is 0 Å². The summed E-state index contributed by atoms with van der Waals surface area (Å²) >= 11 is 0. The summed E-state index contributed by atoms with van der Waals surface area (Å²) in [4.78, 5) is 27.7. The molecule has 5 nitrogen and oxygen atoms in total. The second-order valence-corrected chi connectivity index (χ2v) is 6.04. The zero-order valence-electron chi connectivity index (χ0n) is 13.6. The summed E-state index contributed by atoms with van der Waals surface area (Å²) in [5.41, 5.74) is 2.96. The van der Waals surface area contributed by atoms with Gasteiger partial charge in [0.05, 0.1) is 0 Å². The third-order valence-electron chi connectivity index (χ3n) is 4.16. The average molecular weight is 332 g/mol. The molecule has 1 amide bonds. The third kappa shape index (κ3) is 2.92. The van der Waals surface area contributed by atoms with Gasteiger partial charge in [0.15, 0.2) is 0 Å². The van der Waals surface area contributed by atoms with Crippen molar-refractivity contribution in [3.05, 3.63) is 81.8 Å². The largest absolute Gasteiger partial charge is 0.422 e. The molecule has 0 spiro atoms. The lowest BCUT2D eigenvalue weighted by Crippen LogP contribution is -2.27. The first-order valence-electron chi connectivity index (χ1n) is 7.99. The maximum Gasteiger partial charge on any atom is 0.349 e. The minimum absolute atomic E-state index is 0.0114. The van der Waals surface area contributed by atoms with Crippen LogP contribution in [0.15, 0.2) is 63.8 Å². The molecule has 5 heteroatoms. The van der Waals surface area contributed by atoms with E-state index in [1.165, 1.54) is 0 Å². The van der Waals surface area contributed by atoms with Gasteiger partial charge in [0.2, 0.25) is 0 Å². The Kier molecular flexibility index (Phi) is 3.61. The highest BCUT2D eigenvalue weighted by molar-refractivity contribution is 5.96. The predicted octanol–water partition coefficient (Wildman–Crippen LogP) is 3.51. The smallest absolute Gasteiger partial charge is 0.349 e. The summed E-state index contributed by atoms with van der Waals surface area (Å²) in [7, 11) is 0. The number of carbonyl (C=O) groups excluding carboxylic acids is 1. The zero-order valence-corrected chi connectivity index (χ0v) is 13.6. The first-order chi connectivity index (χ1) is 12.1. The molecule has 0 saturated heterocycles. The normalized spacial score (nSPS) is 11.1. The van der Waals surface area contributed by atoms with Crippen LogP contribution in [0.25, 0.3) is 21.9 Å². The van der Waals surface area contributed by atoms with E-state index in [1.54, 1.807) is 24.3 Å². The maximum absolute atomic E-state index is 12.4. The Hall–Kier alpha value is -3.34. The fraction of sp³-hybridized carbons (Fsp3) is 0.100. The van der Waals surface area contributed by atoms with Crippen LogP contribution in [0.1, 0.15) is 21.6 Å². The number of aryl methyl sites for hydroxylation is 1. The van der Waals surface area contributed by atoms with Crippen molar-refractivity contribution < 1.29 is 9.21 Å². The number of nitrogens with one attached hydrogen (secondary N) is 2. The van der Waals surface area contributed by atoms with Gasteiger partial charge in [-0.1, -0.05) is 24.3 Å². The summed E-state index contributed by atoms with van der Waals surface area (Å²) in [6.45, 7) is 2.34. The van der Waals surface area contributed by atoms with Gasteiger partial charge in [-0.3, -0.25) is 4.79 Å². The standard InChI is InChI=1S/C20H16N2O3/c1-12-8-15-9-13(6-7-17(15)22-12)11-21-19(23)16-10-14-4-2-3-5-18(14)25-20(16)24/h2-10,22H,11H2,1H3,(H,21,23). The molecule has 4 aromatic rings. The van der Waals surface area contributed by atoms with Gasteiger partial charge in [0.1, 0.15) is 11.1 Å². The number of carbonyl (C=O) groups is 1. The number of aromatic nitrogens is 1. The van der Waals surface area contributed by atoms with Gasteiger partial charge in [-0.15, -0.1) is 0 Å². The van der Waals surface area contributed by atoms with Crippen LogP contribution in [0.2, 0.25) is 0 Å². The Morgan fingerprint density at radius 1 is 1.08 bits per heavy atom. The number of para-hydroxylation sites is 1. The van der Waals surface area contributed by atoms with Crippen molar-refractivity contribution in [3.63, 3.8) is 0 Å². The molecule has 0 saturated carbocycles. The Morgan fingerprint density at radius 3 is 2.80 bits per heavy atom. The molecule has 0 aliphatic rings. The summed E-state index contributed by atoms with van der Waals surface area (Å²) < 4.78 is 5.21. The van der Waals surface area contributed by atoms with Crippen LogP contribution in [0, 0.1) is 6.92 Å². The van der Waals surface area contributed by atoms with Crippen LogP contribution in [-0.4, -0.2) is 10.9 Å². The molecule has 0 radical (unpaired) electrons. The van der Waals surface area contributed by atoms with Crippen molar-refractivity contribution in [1.82, 2.24) is 10.3 Å². The first-order valence-corrected chi connectivity index (χ1v) is 7.99. The van der Waals surface area contributed by atoms with Gasteiger partial charge < -0.3 is 14.7 Å². The fourth-order valence-corrected chi connectivity index (χ4v) is 2.93. The molecular weight excluding hydrogens is 316 g/mol. The maximum atomic E-state index is 12.4. The second kappa shape index (κ2) is 5.94. The number of H-pyrrole nitrogens is 1. The van der Waals surface area contributed by atoms with Crippen molar-refractivity contribution in [2.24, 2.45) is 0 Å². The second-order valence-electron chi connectivity index (χ2n) is 6.04. The Balaban J connectivity index is 1.56. The van der Waals surface area contributed by atoms with E-state index >= 15 is 0 Å². The van der Waals surface area contributed by atoms with Crippen molar-refractivity contribution in [2.45, 2.75) is 13.5 Å². The summed E-state index contributed by atoms with van der Waals surface area (Å²) in [5, 5.41) is 4.59. The van der Waals surface area contributed by atoms with Gasteiger partial charge in [0, 0.05) is 23.1 Å². The van der Waals surface area contributed by atoms with Gasteiger partial charge in [-0.05, 0) is 48.2 Å². The van der Waals surface area contributed by atoms with E-state index in [4.69, 9.17) is 4.42 Å². The topological polar surface area (TPSA) is 75.1 Å². The molecule has 2 heterocycles. The van der Waals surface area contributed by atoms with Gasteiger partial charge >= 0.3 is 5.63 Å². The minimum Gasteiger partial charge on any atom is -0.422 e. The van der Waals surface area contributed by atoms with Crippen LogP contribution in [0.5, 0.6) is 0 Å². The third-order valence-corrected chi connectivity index (χ3v) is 4.16. The Morgan fingerprint density at radius 2 is 1.92 bits per heavy atom. The molecule has 4 rings (SSSR count). The molecule has 25 heavy (non-hydrogen) atoms. The zero-order chi connectivity index (χ0) is 17.4. The molecular formula is C20H16N2O3. The number of rotatable bonds is 3. The molecule has 0 unspecified atom stereocenters. The quantitative estimate of drug-likeness (QED) is 0.564. The van der Waals surface area contributed by atoms with E-state index in [1.807, 2.05) is 31.2 Å². The van der Waals surface area contributed by atoms with Crippen molar-refractivity contribution in [2.75, 3.05) is 0 Å². The number of aromatic amines is 1. The number of amides is 1. The molecule has 2 N–H and O–H groups in total. The van der Waals surface area contributed by atoms with Crippen molar-refractivity contribution in [3.8, 4) is 0 Å². The number of fused-ring (bicyclic) bond motifs is 2. The SMILES string of the molecule is Cc1cc2cc(CNC(=O)c3cc4ccccc4oc3=O)ccc2[nH]1. The van der Waals surface area contributed by atoms with Crippen molar-refractivity contribution >= 4 is 27.8 Å². The lowest BCUT2D eigenvalue weighted by Gasteiger charge is -2.06. The molecule has 124 valence electrons. The molecule has 2 aromatic carbocycles. The Labute approximate surface area is 143 Å².